The molecule has 2 rings (SSSR count). The predicted molar refractivity (Wildman–Crippen MR) is 74.7 cm³/mol. The number of hydrogen-bond acceptors (Lipinski definition) is 5. The standard InChI is InChI=1S/C13H19N3O3S/c1-8-10(20-15-14-8)11(17)16-6-4-5-9(7-16)13(2,3)12(18)19/h9H,4-7H2,1-3H3,(H,18,19). The van der Waals surface area contributed by atoms with Crippen LogP contribution < -0.4 is 0 Å². The maximum Gasteiger partial charge on any atom is 0.309 e. The van der Waals surface area contributed by atoms with Crippen molar-refractivity contribution in [3.05, 3.63) is 10.6 Å². The van der Waals surface area contributed by atoms with E-state index in [1.165, 1.54) is 0 Å². The predicted octanol–water partition coefficient (Wildman–Crippen LogP) is 1.81. The van der Waals surface area contributed by atoms with E-state index in [0.717, 1.165) is 24.4 Å². The molecular formula is C13H19N3O3S. The number of amides is 1. The van der Waals surface area contributed by atoms with Crippen LogP contribution in [0.1, 0.15) is 42.1 Å². The molecule has 0 aliphatic carbocycles. The number of aliphatic carboxylic acids is 1. The highest BCUT2D eigenvalue weighted by Crippen LogP contribution is 2.34. The van der Waals surface area contributed by atoms with Gasteiger partial charge in [0, 0.05) is 13.1 Å². The Balaban J connectivity index is 2.13. The smallest absolute Gasteiger partial charge is 0.309 e. The molecule has 0 aromatic carbocycles. The first-order valence-corrected chi connectivity index (χ1v) is 7.43. The summed E-state index contributed by atoms with van der Waals surface area (Å²) in [6.45, 7) is 6.37. The summed E-state index contributed by atoms with van der Waals surface area (Å²) < 4.78 is 3.78. The van der Waals surface area contributed by atoms with Crippen molar-refractivity contribution in [3.63, 3.8) is 0 Å². The molecule has 0 spiro atoms. The first-order chi connectivity index (χ1) is 9.34. The van der Waals surface area contributed by atoms with Crippen LogP contribution in [0.4, 0.5) is 0 Å². The van der Waals surface area contributed by atoms with Gasteiger partial charge in [-0.1, -0.05) is 4.49 Å². The third-order valence-corrected chi connectivity index (χ3v) is 4.94. The summed E-state index contributed by atoms with van der Waals surface area (Å²) >= 11 is 1.10. The SMILES string of the molecule is Cc1nnsc1C(=O)N1CCCC(C(C)(C)C(=O)O)C1. The number of likely N-dealkylation sites (tertiary alicyclic amines) is 1. The maximum atomic E-state index is 12.4. The zero-order valence-electron chi connectivity index (χ0n) is 11.9. The average molecular weight is 297 g/mol. The van der Waals surface area contributed by atoms with Gasteiger partial charge in [0.2, 0.25) is 0 Å². The first-order valence-electron chi connectivity index (χ1n) is 6.65. The fourth-order valence-electron chi connectivity index (χ4n) is 2.50. The normalized spacial score (nSPS) is 19.9. The third-order valence-electron chi connectivity index (χ3n) is 4.13. The van der Waals surface area contributed by atoms with Gasteiger partial charge >= 0.3 is 5.97 Å². The minimum Gasteiger partial charge on any atom is -0.481 e. The molecule has 0 radical (unpaired) electrons. The lowest BCUT2D eigenvalue weighted by atomic mass is 9.74. The lowest BCUT2D eigenvalue weighted by Gasteiger charge is -2.39. The van der Waals surface area contributed by atoms with Crippen molar-refractivity contribution < 1.29 is 14.7 Å². The van der Waals surface area contributed by atoms with Crippen LogP contribution in [0.2, 0.25) is 0 Å². The number of aryl methyl sites for hydroxylation is 1. The molecule has 0 bridgehead atoms. The second-order valence-electron chi connectivity index (χ2n) is 5.80. The highest BCUT2D eigenvalue weighted by molar-refractivity contribution is 7.07. The molecule has 1 amide bonds. The van der Waals surface area contributed by atoms with Crippen LogP contribution in [-0.2, 0) is 4.79 Å². The minimum atomic E-state index is -0.819. The summed E-state index contributed by atoms with van der Waals surface area (Å²) in [6, 6.07) is 0. The molecule has 1 N–H and O–H groups in total. The van der Waals surface area contributed by atoms with Crippen LogP contribution in [0, 0.1) is 18.3 Å². The van der Waals surface area contributed by atoms with E-state index >= 15 is 0 Å². The zero-order chi connectivity index (χ0) is 14.9. The van der Waals surface area contributed by atoms with Crippen molar-refractivity contribution in [2.45, 2.75) is 33.6 Å². The number of hydrogen-bond donors (Lipinski definition) is 1. The topological polar surface area (TPSA) is 83.4 Å². The van der Waals surface area contributed by atoms with E-state index in [2.05, 4.69) is 9.59 Å². The largest absolute Gasteiger partial charge is 0.481 e. The molecule has 2 heterocycles. The number of piperidine rings is 1. The van der Waals surface area contributed by atoms with Crippen LogP contribution in [0.3, 0.4) is 0 Å². The number of carboxylic acid groups (broad SMARTS) is 1. The van der Waals surface area contributed by atoms with Crippen LogP contribution in [0.25, 0.3) is 0 Å². The van der Waals surface area contributed by atoms with Gasteiger partial charge < -0.3 is 10.0 Å². The number of carbonyl (C=O) groups is 2. The van der Waals surface area contributed by atoms with Crippen LogP contribution in [-0.4, -0.2) is 44.6 Å². The number of aromatic nitrogens is 2. The summed E-state index contributed by atoms with van der Waals surface area (Å²) in [4.78, 5) is 26.1. The summed E-state index contributed by atoms with van der Waals surface area (Å²) in [5.74, 6) is -0.922. The molecule has 1 aromatic rings. The second kappa shape index (κ2) is 5.47. The number of carboxylic acids is 1. The lowest BCUT2D eigenvalue weighted by molar-refractivity contribution is -0.151. The Morgan fingerprint density at radius 2 is 2.15 bits per heavy atom. The molecule has 1 saturated heterocycles. The zero-order valence-corrected chi connectivity index (χ0v) is 12.7. The second-order valence-corrected chi connectivity index (χ2v) is 6.56. The Hall–Kier alpha value is -1.50. The maximum absolute atomic E-state index is 12.4. The van der Waals surface area contributed by atoms with E-state index in [-0.39, 0.29) is 11.8 Å². The number of rotatable bonds is 3. The van der Waals surface area contributed by atoms with E-state index in [1.54, 1.807) is 25.7 Å². The molecule has 110 valence electrons. The van der Waals surface area contributed by atoms with Gasteiger partial charge in [-0.2, -0.15) is 0 Å². The molecule has 7 heteroatoms. The van der Waals surface area contributed by atoms with Crippen molar-refractivity contribution in [1.82, 2.24) is 14.5 Å². The van der Waals surface area contributed by atoms with Gasteiger partial charge in [0.05, 0.1) is 11.1 Å². The average Bonchev–Trinajstić information content (AvgIpc) is 2.84. The van der Waals surface area contributed by atoms with Crippen LogP contribution in [0.5, 0.6) is 0 Å². The molecular weight excluding hydrogens is 278 g/mol. The van der Waals surface area contributed by atoms with Gasteiger partial charge in [-0.15, -0.1) is 5.10 Å². The van der Waals surface area contributed by atoms with E-state index in [9.17, 15) is 14.7 Å². The van der Waals surface area contributed by atoms with Gasteiger partial charge in [-0.25, -0.2) is 0 Å². The van der Waals surface area contributed by atoms with Gasteiger partial charge in [0.15, 0.2) is 0 Å². The van der Waals surface area contributed by atoms with E-state index in [1.807, 2.05) is 0 Å². The fourth-order valence-corrected chi connectivity index (χ4v) is 3.12. The van der Waals surface area contributed by atoms with Crippen molar-refractivity contribution in [2.75, 3.05) is 13.1 Å². The number of nitrogens with zero attached hydrogens (tertiary/aromatic N) is 3. The molecule has 6 nitrogen and oxygen atoms in total. The van der Waals surface area contributed by atoms with Crippen molar-refractivity contribution in [3.8, 4) is 0 Å². The fraction of sp³-hybridized carbons (Fsp3) is 0.692. The third kappa shape index (κ3) is 2.67. The molecule has 1 atom stereocenters. The minimum absolute atomic E-state index is 0.0288. The molecule has 0 saturated carbocycles. The van der Waals surface area contributed by atoms with E-state index in [4.69, 9.17) is 0 Å². The molecule has 1 aromatic heterocycles. The molecule has 1 aliphatic heterocycles. The summed E-state index contributed by atoms with van der Waals surface area (Å²) in [5.41, 5.74) is -0.181. The van der Waals surface area contributed by atoms with Crippen LogP contribution >= 0.6 is 11.5 Å². The molecule has 1 unspecified atom stereocenters. The van der Waals surface area contributed by atoms with Crippen molar-refractivity contribution in [1.29, 1.82) is 0 Å². The van der Waals surface area contributed by atoms with E-state index in [0.29, 0.717) is 23.7 Å². The quantitative estimate of drug-likeness (QED) is 0.920. The van der Waals surface area contributed by atoms with Crippen LogP contribution in [0.15, 0.2) is 0 Å². The van der Waals surface area contributed by atoms with Gasteiger partial charge in [-0.3, -0.25) is 9.59 Å². The highest BCUT2D eigenvalue weighted by Gasteiger charge is 2.40. The van der Waals surface area contributed by atoms with Gasteiger partial charge in [-0.05, 0) is 51.1 Å². The lowest BCUT2D eigenvalue weighted by Crippen LogP contribution is -2.46. The monoisotopic (exact) mass is 297 g/mol. The molecule has 20 heavy (non-hydrogen) atoms. The Labute approximate surface area is 122 Å². The Morgan fingerprint density at radius 3 is 2.70 bits per heavy atom. The summed E-state index contributed by atoms with van der Waals surface area (Å²) in [6.07, 6.45) is 1.67. The first kappa shape index (κ1) is 14.9. The number of carbonyl (C=O) groups excluding carboxylic acids is 1. The van der Waals surface area contributed by atoms with Gasteiger partial charge in [0.25, 0.3) is 5.91 Å². The molecule has 1 aliphatic rings. The van der Waals surface area contributed by atoms with Crippen molar-refractivity contribution in [2.24, 2.45) is 11.3 Å². The Bertz CT molecular complexity index is 527. The summed E-state index contributed by atoms with van der Waals surface area (Å²) in [5, 5.41) is 13.2. The Kier molecular flexibility index (Phi) is 4.08. The van der Waals surface area contributed by atoms with Gasteiger partial charge in [0.1, 0.15) is 4.88 Å². The highest BCUT2D eigenvalue weighted by atomic mass is 32.1. The van der Waals surface area contributed by atoms with Crippen molar-refractivity contribution >= 4 is 23.4 Å². The Morgan fingerprint density at radius 1 is 1.45 bits per heavy atom. The molecule has 1 fully saturated rings. The van der Waals surface area contributed by atoms with E-state index < -0.39 is 11.4 Å². The summed E-state index contributed by atoms with van der Waals surface area (Å²) in [7, 11) is 0.